The third kappa shape index (κ3) is 3.14. The number of ether oxygens (including phenoxy) is 1. The Morgan fingerprint density at radius 2 is 2.05 bits per heavy atom. The molecule has 20 heavy (non-hydrogen) atoms. The van der Waals surface area contributed by atoms with Crippen molar-refractivity contribution in [1.82, 2.24) is 5.43 Å². The van der Waals surface area contributed by atoms with Crippen molar-refractivity contribution >= 4 is 11.6 Å². The highest BCUT2D eigenvalue weighted by Gasteiger charge is 2.41. The minimum Gasteiger partial charge on any atom is -0.375 e. The molecular formula is C15H22ClFN2O. The van der Waals surface area contributed by atoms with Gasteiger partial charge in [0.1, 0.15) is 5.82 Å². The Morgan fingerprint density at radius 3 is 2.55 bits per heavy atom. The van der Waals surface area contributed by atoms with Gasteiger partial charge in [0.15, 0.2) is 0 Å². The molecule has 1 aromatic carbocycles. The Kier molecular flexibility index (Phi) is 5.02. The van der Waals surface area contributed by atoms with E-state index in [1.165, 1.54) is 6.07 Å². The number of benzene rings is 1. The zero-order chi connectivity index (χ0) is 14.9. The molecule has 1 saturated heterocycles. The molecule has 1 fully saturated rings. The Morgan fingerprint density at radius 1 is 1.35 bits per heavy atom. The number of hydrazine groups is 1. The quantitative estimate of drug-likeness (QED) is 0.664. The normalized spacial score (nSPS) is 31.5. The van der Waals surface area contributed by atoms with Crippen molar-refractivity contribution < 1.29 is 9.13 Å². The Labute approximate surface area is 124 Å². The van der Waals surface area contributed by atoms with Crippen LogP contribution in [0.4, 0.5) is 4.39 Å². The maximum Gasteiger partial charge on any atom is 0.142 e. The van der Waals surface area contributed by atoms with Crippen molar-refractivity contribution in [2.45, 2.75) is 45.4 Å². The summed E-state index contributed by atoms with van der Waals surface area (Å²) in [5.41, 5.74) is 3.76. The molecule has 1 aliphatic rings. The monoisotopic (exact) mass is 300 g/mol. The van der Waals surface area contributed by atoms with Gasteiger partial charge in [0.25, 0.3) is 0 Å². The molecule has 0 spiro atoms. The zero-order valence-electron chi connectivity index (χ0n) is 12.1. The summed E-state index contributed by atoms with van der Waals surface area (Å²) in [6.07, 6.45) is 1.01. The van der Waals surface area contributed by atoms with Gasteiger partial charge in [-0.25, -0.2) is 4.39 Å². The molecule has 0 amide bonds. The molecule has 3 nitrogen and oxygen atoms in total. The summed E-state index contributed by atoms with van der Waals surface area (Å²) in [7, 11) is 0. The van der Waals surface area contributed by atoms with E-state index in [9.17, 15) is 4.39 Å². The lowest BCUT2D eigenvalue weighted by Gasteiger charge is -2.28. The molecule has 1 heterocycles. The second-order valence-electron chi connectivity index (χ2n) is 5.71. The minimum absolute atomic E-state index is 0.0468. The van der Waals surface area contributed by atoms with Crippen molar-refractivity contribution in [2.75, 3.05) is 0 Å². The largest absolute Gasteiger partial charge is 0.375 e. The van der Waals surface area contributed by atoms with Gasteiger partial charge in [-0.2, -0.15) is 0 Å². The van der Waals surface area contributed by atoms with Gasteiger partial charge in [0, 0.05) is 12.0 Å². The third-order valence-electron chi connectivity index (χ3n) is 4.44. The van der Waals surface area contributed by atoms with Gasteiger partial charge in [-0.1, -0.05) is 24.6 Å². The average molecular weight is 301 g/mol. The topological polar surface area (TPSA) is 47.3 Å². The van der Waals surface area contributed by atoms with E-state index in [0.29, 0.717) is 18.3 Å². The molecule has 0 aromatic heterocycles. The van der Waals surface area contributed by atoms with E-state index in [0.717, 1.165) is 5.56 Å². The van der Waals surface area contributed by atoms with Crippen LogP contribution in [0, 0.1) is 17.7 Å². The second kappa shape index (κ2) is 6.39. The zero-order valence-corrected chi connectivity index (χ0v) is 12.8. The maximum atomic E-state index is 13.5. The predicted octanol–water partition coefficient (Wildman–Crippen LogP) is 2.91. The van der Waals surface area contributed by atoms with E-state index >= 15 is 0 Å². The number of nitrogens with one attached hydrogen (secondary N) is 1. The molecule has 5 heteroatoms. The summed E-state index contributed by atoms with van der Waals surface area (Å²) in [6.45, 7) is 6.32. The Balaban J connectivity index is 2.14. The highest BCUT2D eigenvalue weighted by molar-refractivity contribution is 6.30. The van der Waals surface area contributed by atoms with Crippen molar-refractivity contribution in [2.24, 2.45) is 17.7 Å². The first-order valence-corrected chi connectivity index (χ1v) is 7.37. The first-order valence-electron chi connectivity index (χ1n) is 6.99. The van der Waals surface area contributed by atoms with Crippen LogP contribution in [0.3, 0.4) is 0 Å². The van der Waals surface area contributed by atoms with Crippen molar-refractivity contribution in [3.63, 3.8) is 0 Å². The van der Waals surface area contributed by atoms with Crippen LogP contribution in [0.25, 0.3) is 0 Å². The summed E-state index contributed by atoms with van der Waals surface area (Å²) >= 11 is 5.71. The molecule has 1 aliphatic heterocycles. The number of hydrogen-bond donors (Lipinski definition) is 2. The highest BCUT2D eigenvalue weighted by atomic mass is 35.5. The highest BCUT2D eigenvalue weighted by Crippen LogP contribution is 2.35. The van der Waals surface area contributed by atoms with E-state index < -0.39 is 5.82 Å². The van der Waals surface area contributed by atoms with Crippen molar-refractivity contribution in [3.8, 4) is 0 Å². The van der Waals surface area contributed by atoms with E-state index in [2.05, 4.69) is 26.2 Å². The lowest BCUT2D eigenvalue weighted by molar-refractivity contribution is 0.0476. The number of rotatable bonds is 4. The molecular weight excluding hydrogens is 279 g/mol. The van der Waals surface area contributed by atoms with Gasteiger partial charge in [-0.3, -0.25) is 11.3 Å². The molecule has 2 rings (SSSR count). The fourth-order valence-corrected chi connectivity index (χ4v) is 3.33. The smallest absolute Gasteiger partial charge is 0.142 e. The first kappa shape index (κ1) is 15.7. The summed E-state index contributed by atoms with van der Waals surface area (Å²) in [5.74, 6) is 6.03. The van der Waals surface area contributed by atoms with Gasteiger partial charge >= 0.3 is 0 Å². The number of halogens is 2. The molecule has 1 aromatic rings. The third-order valence-corrected chi connectivity index (χ3v) is 4.74. The molecule has 0 saturated carbocycles. The van der Waals surface area contributed by atoms with E-state index in [1.54, 1.807) is 6.07 Å². The first-order chi connectivity index (χ1) is 9.43. The average Bonchev–Trinajstić information content (AvgIpc) is 2.65. The standard InChI is InChI=1S/C15H22ClFN2O/c1-8-9(2)20-10(3)15(8)14(19-18)7-11-4-5-12(16)13(17)6-11/h4-6,8-10,14-15,19H,7,18H2,1-3H3. The minimum atomic E-state index is -0.392. The van der Waals surface area contributed by atoms with Gasteiger partial charge in [0.05, 0.1) is 17.2 Å². The van der Waals surface area contributed by atoms with Crippen LogP contribution < -0.4 is 11.3 Å². The predicted molar refractivity (Wildman–Crippen MR) is 78.9 cm³/mol. The molecule has 5 atom stereocenters. The van der Waals surface area contributed by atoms with Crippen LogP contribution in [0.5, 0.6) is 0 Å². The molecule has 0 aliphatic carbocycles. The van der Waals surface area contributed by atoms with Crippen molar-refractivity contribution in [3.05, 3.63) is 34.6 Å². The SMILES string of the molecule is CC1OC(C)C(C(Cc2ccc(Cl)c(F)c2)NN)C1C. The summed E-state index contributed by atoms with van der Waals surface area (Å²) in [6, 6.07) is 4.94. The summed E-state index contributed by atoms with van der Waals surface area (Å²) in [5, 5.41) is 0.144. The van der Waals surface area contributed by atoms with Gasteiger partial charge in [-0.05, 0) is 43.9 Å². The molecule has 0 bridgehead atoms. The van der Waals surface area contributed by atoms with Gasteiger partial charge in [-0.15, -0.1) is 0 Å². The molecule has 5 unspecified atom stereocenters. The molecule has 3 N–H and O–H groups in total. The summed E-state index contributed by atoms with van der Waals surface area (Å²) in [4.78, 5) is 0. The van der Waals surface area contributed by atoms with E-state index in [-0.39, 0.29) is 23.3 Å². The molecule has 112 valence electrons. The van der Waals surface area contributed by atoms with E-state index in [4.69, 9.17) is 22.2 Å². The fraction of sp³-hybridized carbons (Fsp3) is 0.600. The van der Waals surface area contributed by atoms with Crippen LogP contribution >= 0.6 is 11.6 Å². The lowest BCUT2D eigenvalue weighted by Crippen LogP contribution is -2.46. The fourth-order valence-electron chi connectivity index (χ4n) is 3.21. The second-order valence-corrected chi connectivity index (χ2v) is 6.12. The lowest BCUT2D eigenvalue weighted by atomic mass is 9.81. The van der Waals surface area contributed by atoms with Crippen molar-refractivity contribution in [1.29, 1.82) is 0 Å². The Hall–Kier alpha value is -0.680. The van der Waals surface area contributed by atoms with Crippen LogP contribution in [0.2, 0.25) is 5.02 Å². The van der Waals surface area contributed by atoms with E-state index in [1.807, 2.05) is 6.07 Å². The maximum absolute atomic E-state index is 13.5. The van der Waals surface area contributed by atoms with Crippen LogP contribution in [0.1, 0.15) is 26.3 Å². The van der Waals surface area contributed by atoms with Gasteiger partial charge < -0.3 is 4.74 Å². The number of hydrogen-bond acceptors (Lipinski definition) is 3. The Bertz CT molecular complexity index is 471. The van der Waals surface area contributed by atoms with Gasteiger partial charge in [0.2, 0.25) is 0 Å². The number of nitrogens with two attached hydrogens (primary N) is 1. The molecule has 0 radical (unpaired) electrons. The summed E-state index contributed by atoms with van der Waals surface area (Å²) < 4.78 is 19.4. The van der Waals surface area contributed by atoms with Crippen LogP contribution in [0.15, 0.2) is 18.2 Å². The van der Waals surface area contributed by atoms with Crippen LogP contribution in [-0.4, -0.2) is 18.2 Å². The van der Waals surface area contributed by atoms with Crippen LogP contribution in [-0.2, 0) is 11.2 Å².